The van der Waals surface area contributed by atoms with Crippen molar-refractivity contribution in [1.29, 1.82) is 0 Å². The Morgan fingerprint density at radius 2 is 2.06 bits per heavy atom. The van der Waals surface area contributed by atoms with Crippen molar-refractivity contribution in [2.24, 2.45) is 0 Å². The zero-order valence-electron chi connectivity index (χ0n) is 10.6. The Morgan fingerprint density at radius 1 is 1.38 bits per heavy atom. The van der Waals surface area contributed by atoms with Crippen molar-refractivity contribution in [3.05, 3.63) is 18.2 Å². The first-order valence-electron chi connectivity index (χ1n) is 5.70. The third kappa shape index (κ3) is 3.33. The van der Waals surface area contributed by atoms with Crippen LogP contribution in [-0.2, 0) is 0 Å². The highest BCUT2D eigenvalue weighted by molar-refractivity contribution is 5.69. The molecule has 0 bridgehead atoms. The quantitative estimate of drug-likeness (QED) is 0.752. The van der Waals surface area contributed by atoms with Crippen molar-refractivity contribution >= 4 is 11.4 Å². The van der Waals surface area contributed by atoms with Gasteiger partial charge in [0.1, 0.15) is 5.75 Å². The highest BCUT2D eigenvalue weighted by Gasteiger charge is 2.17. The summed E-state index contributed by atoms with van der Waals surface area (Å²) in [5.41, 5.74) is 7.68. The van der Waals surface area contributed by atoms with Gasteiger partial charge in [-0.25, -0.2) is 0 Å². The van der Waals surface area contributed by atoms with Gasteiger partial charge in [0, 0.05) is 11.6 Å². The lowest BCUT2D eigenvalue weighted by Crippen LogP contribution is -2.30. The van der Waals surface area contributed by atoms with Gasteiger partial charge >= 0.3 is 0 Å². The van der Waals surface area contributed by atoms with E-state index in [4.69, 9.17) is 10.5 Å². The molecule has 0 spiro atoms. The normalized spacial score (nSPS) is 11.2. The highest BCUT2D eigenvalue weighted by atomic mass is 16.5. The summed E-state index contributed by atoms with van der Waals surface area (Å²) < 4.78 is 5.19. The lowest BCUT2D eigenvalue weighted by molar-refractivity contribution is 0.415. The van der Waals surface area contributed by atoms with Gasteiger partial charge in [-0.2, -0.15) is 0 Å². The van der Waals surface area contributed by atoms with Gasteiger partial charge in [-0.1, -0.05) is 13.3 Å². The van der Waals surface area contributed by atoms with Gasteiger partial charge in [-0.05, 0) is 32.4 Å². The summed E-state index contributed by atoms with van der Waals surface area (Å²) in [4.78, 5) is 0. The molecule has 1 aromatic rings. The van der Waals surface area contributed by atoms with Crippen molar-refractivity contribution in [3.63, 3.8) is 0 Å². The van der Waals surface area contributed by atoms with E-state index in [-0.39, 0.29) is 5.54 Å². The number of hydrogen-bond donors (Lipinski definition) is 2. The van der Waals surface area contributed by atoms with E-state index in [1.807, 2.05) is 18.2 Å². The summed E-state index contributed by atoms with van der Waals surface area (Å²) in [7, 11) is 1.66. The Morgan fingerprint density at radius 3 is 2.62 bits per heavy atom. The fourth-order valence-corrected chi connectivity index (χ4v) is 1.82. The van der Waals surface area contributed by atoms with E-state index in [9.17, 15) is 0 Å². The number of hydrogen-bond acceptors (Lipinski definition) is 3. The van der Waals surface area contributed by atoms with Gasteiger partial charge in [0.05, 0.1) is 18.5 Å². The lowest BCUT2D eigenvalue weighted by atomic mass is 9.98. The zero-order chi connectivity index (χ0) is 12.2. The second-order valence-electron chi connectivity index (χ2n) is 4.71. The topological polar surface area (TPSA) is 47.3 Å². The molecule has 16 heavy (non-hydrogen) atoms. The first kappa shape index (κ1) is 12.7. The minimum absolute atomic E-state index is 0.0508. The van der Waals surface area contributed by atoms with Gasteiger partial charge in [0.2, 0.25) is 0 Å². The highest BCUT2D eigenvalue weighted by Crippen LogP contribution is 2.28. The molecule has 0 aliphatic carbocycles. The van der Waals surface area contributed by atoms with E-state index in [1.54, 1.807) is 7.11 Å². The van der Waals surface area contributed by atoms with Crippen LogP contribution in [0.2, 0.25) is 0 Å². The summed E-state index contributed by atoms with van der Waals surface area (Å²) in [6.45, 7) is 6.53. The number of methoxy groups -OCH3 is 1. The molecule has 0 radical (unpaired) electrons. The van der Waals surface area contributed by atoms with Crippen LogP contribution in [0.25, 0.3) is 0 Å². The van der Waals surface area contributed by atoms with E-state index in [0.29, 0.717) is 0 Å². The van der Waals surface area contributed by atoms with Crippen molar-refractivity contribution in [2.45, 2.75) is 39.2 Å². The third-order valence-corrected chi connectivity index (χ3v) is 2.61. The molecule has 0 atom stereocenters. The molecular weight excluding hydrogens is 200 g/mol. The molecule has 0 aromatic heterocycles. The predicted octanol–water partition coefficient (Wildman–Crippen LogP) is 3.27. The van der Waals surface area contributed by atoms with Crippen LogP contribution in [0, 0.1) is 0 Å². The van der Waals surface area contributed by atoms with E-state index in [0.717, 1.165) is 30.0 Å². The Labute approximate surface area is 98.0 Å². The summed E-state index contributed by atoms with van der Waals surface area (Å²) in [6.07, 6.45) is 2.24. The molecular formula is C13H22N2O. The minimum atomic E-state index is 0.0508. The molecule has 1 rings (SSSR count). The van der Waals surface area contributed by atoms with Gasteiger partial charge in [0.25, 0.3) is 0 Å². The number of rotatable bonds is 5. The summed E-state index contributed by atoms with van der Waals surface area (Å²) in [5.74, 6) is 0.823. The van der Waals surface area contributed by atoms with Crippen molar-refractivity contribution < 1.29 is 4.74 Å². The van der Waals surface area contributed by atoms with Gasteiger partial charge in [0.15, 0.2) is 0 Å². The Hall–Kier alpha value is -1.38. The molecule has 0 aliphatic rings. The first-order chi connectivity index (χ1) is 7.48. The number of anilines is 2. The molecule has 3 N–H and O–H groups in total. The van der Waals surface area contributed by atoms with Gasteiger partial charge in [-0.15, -0.1) is 0 Å². The number of nitrogens with two attached hydrogens (primary N) is 1. The monoisotopic (exact) mass is 222 g/mol. The van der Waals surface area contributed by atoms with Crippen LogP contribution in [0.3, 0.4) is 0 Å². The molecule has 0 fully saturated rings. The molecule has 0 amide bonds. The smallest absolute Gasteiger partial charge is 0.121 e. The van der Waals surface area contributed by atoms with Crippen LogP contribution in [0.15, 0.2) is 18.2 Å². The second kappa shape index (κ2) is 5.10. The van der Waals surface area contributed by atoms with E-state index < -0.39 is 0 Å². The van der Waals surface area contributed by atoms with E-state index in [1.165, 1.54) is 0 Å². The maximum absolute atomic E-state index is 5.93. The molecule has 3 nitrogen and oxygen atoms in total. The number of nitrogens with one attached hydrogen (secondary N) is 1. The molecule has 0 saturated heterocycles. The summed E-state index contributed by atoms with van der Waals surface area (Å²) in [6, 6.07) is 5.67. The van der Waals surface area contributed by atoms with E-state index in [2.05, 4.69) is 26.1 Å². The second-order valence-corrected chi connectivity index (χ2v) is 4.71. The number of nitrogen functional groups attached to an aromatic ring is 1. The molecule has 0 saturated carbocycles. The Kier molecular flexibility index (Phi) is 4.05. The van der Waals surface area contributed by atoms with Crippen LogP contribution >= 0.6 is 0 Å². The SMILES string of the molecule is CCCC(C)(C)Nc1cc(OC)ccc1N. The molecule has 0 aliphatic heterocycles. The standard InChI is InChI=1S/C13H22N2O/c1-5-8-13(2,3)15-12-9-10(16-4)6-7-11(12)14/h6-7,9,15H,5,8,14H2,1-4H3. The fraction of sp³-hybridized carbons (Fsp3) is 0.538. The summed E-state index contributed by atoms with van der Waals surface area (Å²) in [5, 5.41) is 3.46. The van der Waals surface area contributed by atoms with Crippen molar-refractivity contribution in [1.82, 2.24) is 0 Å². The van der Waals surface area contributed by atoms with Crippen LogP contribution in [0.5, 0.6) is 5.75 Å². The van der Waals surface area contributed by atoms with Crippen LogP contribution in [0.1, 0.15) is 33.6 Å². The van der Waals surface area contributed by atoms with Crippen LogP contribution < -0.4 is 15.8 Å². The Balaban J connectivity index is 2.87. The predicted molar refractivity (Wildman–Crippen MR) is 70.0 cm³/mol. The average molecular weight is 222 g/mol. The molecule has 0 heterocycles. The van der Waals surface area contributed by atoms with Gasteiger partial charge in [-0.3, -0.25) is 0 Å². The Bertz CT molecular complexity index is 348. The van der Waals surface area contributed by atoms with E-state index >= 15 is 0 Å². The number of ether oxygens (including phenoxy) is 1. The van der Waals surface area contributed by atoms with Crippen molar-refractivity contribution in [3.8, 4) is 5.75 Å². The molecule has 3 heteroatoms. The molecule has 0 unspecified atom stereocenters. The first-order valence-corrected chi connectivity index (χ1v) is 5.70. The lowest BCUT2D eigenvalue weighted by Gasteiger charge is -2.28. The van der Waals surface area contributed by atoms with Crippen LogP contribution in [-0.4, -0.2) is 12.6 Å². The molecule has 90 valence electrons. The van der Waals surface area contributed by atoms with Crippen LogP contribution in [0.4, 0.5) is 11.4 Å². The minimum Gasteiger partial charge on any atom is -0.497 e. The van der Waals surface area contributed by atoms with Gasteiger partial charge < -0.3 is 15.8 Å². The summed E-state index contributed by atoms with van der Waals surface area (Å²) >= 11 is 0. The average Bonchev–Trinajstić information content (AvgIpc) is 2.21. The number of benzene rings is 1. The maximum atomic E-state index is 5.93. The maximum Gasteiger partial charge on any atom is 0.121 e. The zero-order valence-corrected chi connectivity index (χ0v) is 10.6. The van der Waals surface area contributed by atoms with Crippen molar-refractivity contribution in [2.75, 3.05) is 18.2 Å². The fourth-order valence-electron chi connectivity index (χ4n) is 1.82. The largest absolute Gasteiger partial charge is 0.497 e. The molecule has 1 aromatic carbocycles. The third-order valence-electron chi connectivity index (χ3n) is 2.61.